The molecule has 0 aliphatic rings. The maximum absolute atomic E-state index is 13.3. The Morgan fingerprint density at radius 2 is 1.44 bits per heavy atom. The number of carbonyl (C=O) groups excluding carboxylic acids is 2. The van der Waals surface area contributed by atoms with Crippen LogP contribution in [-0.4, -0.2) is 20.9 Å². The summed E-state index contributed by atoms with van der Waals surface area (Å²) in [5.74, 6) is -1.10. The van der Waals surface area contributed by atoms with Gasteiger partial charge in [-0.3, -0.25) is 23.5 Å². The van der Waals surface area contributed by atoms with E-state index in [-0.39, 0.29) is 24.4 Å². The van der Waals surface area contributed by atoms with E-state index in [1.165, 1.54) is 35.8 Å². The first kappa shape index (κ1) is 22.7. The maximum atomic E-state index is 13.3. The van der Waals surface area contributed by atoms with Gasteiger partial charge >= 0.3 is 5.69 Å². The quantitative estimate of drug-likeness (QED) is 0.462. The topological polar surface area (TPSA) is 102 Å². The number of halogens is 1. The number of para-hydroxylation sites is 1. The minimum Gasteiger partial charge on any atom is -0.326 e. The van der Waals surface area contributed by atoms with Crippen LogP contribution in [0.15, 0.2) is 82.4 Å². The van der Waals surface area contributed by atoms with Crippen LogP contribution in [0.1, 0.15) is 12.5 Å². The minimum atomic E-state index is -0.649. The zero-order valence-corrected chi connectivity index (χ0v) is 18.2. The Morgan fingerprint density at radius 1 is 0.824 bits per heavy atom. The van der Waals surface area contributed by atoms with Crippen LogP contribution in [0.2, 0.25) is 0 Å². The number of carbonyl (C=O) groups is 2. The molecule has 4 aromatic rings. The smallest absolute Gasteiger partial charge is 0.326 e. The zero-order chi connectivity index (χ0) is 24.2. The summed E-state index contributed by atoms with van der Waals surface area (Å²) in [4.78, 5) is 50.2. The molecule has 9 heteroatoms. The van der Waals surface area contributed by atoms with Crippen molar-refractivity contribution in [3.63, 3.8) is 0 Å². The van der Waals surface area contributed by atoms with Gasteiger partial charge in [0.2, 0.25) is 11.8 Å². The lowest BCUT2D eigenvalue weighted by Crippen LogP contribution is -2.42. The highest BCUT2D eigenvalue weighted by Crippen LogP contribution is 2.14. The molecule has 0 bridgehead atoms. The van der Waals surface area contributed by atoms with Crippen LogP contribution >= 0.6 is 0 Å². The van der Waals surface area contributed by atoms with Crippen molar-refractivity contribution in [2.45, 2.75) is 20.0 Å². The summed E-state index contributed by atoms with van der Waals surface area (Å²) >= 11 is 0. The van der Waals surface area contributed by atoms with Crippen molar-refractivity contribution in [3.8, 4) is 0 Å². The first-order chi connectivity index (χ1) is 16.3. The molecule has 34 heavy (non-hydrogen) atoms. The van der Waals surface area contributed by atoms with Gasteiger partial charge in [-0.15, -0.1) is 0 Å². The number of benzene rings is 3. The van der Waals surface area contributed by atoms with Crippen molar-refractivity contribution in [2.24, 2.45) is 0 Å². The molecule has 3 aromatic carbocycles. The largest absolute Gasteiger partial charge is 0.332 e. The number of nitrogens with zero attached hydrogens (tertiary/aromatic N) is 2. The molecule has 0 aliphatic heterocycles. The highest BCUT2D eigenvalue weighted by atomic mass is 19.1. The van der Waals surface area contributed by atoms with Crippen LogP contribution < -0.4 is 21.9 Å². The van der Waals surface area contributed by atoms with Gasteiger partial charge in [0.25, 0.3) is 5.56 Å². The number of hydrogen-bond donors (Lipinski definition) is 2. The molecule has 0 saturated carbocycles. The van der Waals surface area contributed by atoms with Crippen LogP contribution in [0, 0.1) is 5.82 Å². The predicted molar refractivity (Wildman–Crippen MR) is 127 cm³/mol. The van der Waals surface area contributed by atoms with Gasteiger partial charge in [0.1, 0.15) is 12.4 Å². The Hall–Kier alpha value is -4.53. The van der Waals surface area contributed by atoms with Gasteiger partial charge in [0.15, 0.2) is 0 Å². The third kappa shape index (κ3) is 4.93. The molecular formula is C25H21FN4O4. The molecule has 0 aliphatic carbocycles. The van der Waals surface area contributed by atoms with Crippen LogP contribution in [0.3, 0.4) is 0 Å². The normalized spacial score (nSPS) is 10.8. The third-order valence-corrected chi connectivity index (χ3v) is 5.18. The highest BCUT2D eigenvalue weighted by molar-refractivity contribution is 5.93. The van der Waals surface area contributed by atoms with Gasteiger partial charge in [-0.2, -0.15) is 0 Å². The van der Waals surface area contributed by atoms with E-state index in [1.807, 2.05) is 0 Å². The van der Waals surface area contributed by atoms with E-state index in [0.29, 0.717) is 22.5 Å². The molecular weight excluding hydrogens is 439 g/mol. The summed E-state index contributed by atoms with van der Waals surface area (Å²) < 4.78 is 15.5. The van der Waals surface area contributed by atoms with Crippen molar-refractivity contribution in [1.29, 1.82) is 0 Å². The monoisotopic (exact) mass is 460 g/mol. The van der Waals surface area contributed by atoms with E-state index in [1.54, 1.807) is 48.5 Å². The number of amides is 2. The van der Waals surface area contributed by atoms with E-state index in [9.17, 15) is 23.6 Å². The summed E-state index contributed by atoms with van der Waals surface area (Å²) in [6.45, 7) is 1.01. The van der Waals surface area contributed by atoms with Gasteiger partial charge in [0.05, 0.1) is 17.4 Å². The fraction of sp³-hybridized carbons (Fsp3) is 0.120. The van der Waals surface area contributed by atoms with Crippen LogP contribution in [0.4, 0.5) is 15.8 Å². The number of nitrogens with one attached hydrogen (secondary N) is 2. The molecule has 0 atom stereocenters. The van der Waals surface area contributed by atoms with Crippen LogP contribution in [0.5, 0.6) is 0 Å². The second-order valence-corrected chi connectivity index (χ2v) is 7.71. The third-order valence-electron chi connectivity index (χ3n) is 5.18. The number of fused-ring (bicyclic) bond motifs is 1. The standard InChI is InChI=1S/C25H21FN4O4/c1-16(31)27-19-10-12-20(13-11-19)28-23(32)15-29-22-5-3-2-4-21(22)24(33)30(25(29)34)14-17-6-8-18(26)9-7-17/h2-13H,14-15H2,1H3,(H,27,31)(H,28,32). The first-order valence-electron chi connectivity index (χ1n) is 10.5. The van der Waals surface area contributed by atoms with Crippen molar-refractivity contribution in [2.75, 3.05) is 10.6 Å². The van der Waals surface area contributed by atoms with E-state index in [4.69, 9.17) is 0 Å². The lowest BCUT2D eigenvalue weighted by Gasteiger charge is -2.14. The lowest BCUT2D eigenvalue weighted by atomic mass is 10.2. The highest BCUT2D eigenvalue weighted by Gasteiger charge is 2.16. The molecule has 172 valence electrons. The molecule has 0 spiro atoms. The van der Waals surface area contributed by atoms with Gasteiger partial charge in [0, 0.05) is 18.3 Å². The summed E-state index contributed by atoms with van der Waals surface area (Å²) in [6, 6.07) is 18.6. The Kier molecular flexibility index (Phi) is 6.35. The summed E-state index contributed by atoms with van der Waals surface area (Å²) in [5, 5.41) is 5.64. The lowest BCUT2D eigenvalue weighted by molar-refractivity contribution is -0.117. The van der Waals surface area contributed by atoms with Crippen molar-refractivity contribution in [3.05, 3.63) is 105 Å². The van der Waals surface area contributed by atoms with Gasteiger partial charge in [-0.25, -0.2) is 9.18 Å². The fourth-order valence-electron chi connectivity index (χ4n) is 3.62. The van der Waals surface area contributed by atoms with Gasteiger partial charge in [-0.05, 0) is 54.1 Å². The summed E-state index contributed by atoms with van der Waals surface area (Å²) in [6.07, 6.45) is 0. The summed E-state index contributed by atoms with van der Waals surface area (Å²) in [7, 11) is 0. The molecule has 2 N–H and O–H groups in total. The van der Waals surface area contributed by atoms with Gasteiger partial charge < -0.3 is 10.6 Å². The van der Waals surface area contributed by atoms with E-state index in [0.717, 1.165) is 4.57 Å². The molecule has 0 radical (unpaired) electrons. The SMILES string of the molecule is CC(=O)Nc1ccc(NC(=O)Cn2c(=O)n(Cc3ccc(F)cc3)c(=O)c3ccccc32)cc1. The van der Waals surface area contributed by atoms with Crippen molar-refractivity contribution >= 4 is 34.1 Å². The van der Waals surface area contributed by atoms with Crippen molar-refractivity contribution < 1.29 is 14.0 Å². The number of aromatic nitrogens is 2. The van der Waals surface area contributed by atoms with Crippen LogP contribution in [0.25, 0.3) is 10.9 Å². The summed E-state index contributed by atoms with van der Waals surface area (Å²) in [5.41, 5.74) is 0.839. The Morgan fingerprint density at radius 3 is 2.09 bits per heavy atom. The molecule has 1 heterocycles. The average Bonchev–Trinajstić information content (AvgIpc) is 2.81. The average molecular weight is 460 g/mol. The number of hydrogen-bond acceptors (Lipinski definition) is 4. The number of rotatable bonds is 6. The van der Waals surface area contributed by atoms with Crippen LogP contribution in [-0.2, 0) is 22.7 Å². The molecule has 1 aromatic heterocycles. The minimum absolute atomic E-state index is 0.0605. The second kappa shape index (κ2) is 9.53. The molecule has 0 unspecified atom stereocenters. The molecule has 0 fully saturated rings. The Labute approximate surface area is 193 Å². The molecule has 8 nitrogen and oxygen atoms in total. The van der Waals surface area contributed by atoms with E-state index >= 15 is 0 Å². The fourth-order valence-corrected chi connectivity index (χ4v) is 3.62. The predicted octanol–water partition coefficient (Wildman–Crippen LogP) is 2.95. The van der Waals surface area contributed by atoms with Crippen molar-refractivity contribution in [1.82, 2.24) is 9.13 Å². The molecule has 0 saturated heterocycles. The van der Waals surface area contributed by atoms with E-state index < -0.39 is 23.0 Å². The zero-order valence-electron chi connectivity index (χ0n) is 18.2. The maximum Gasteiger partial charge on any atom is 0.332 e. The second-order valence-electron chi connectivity index (χ2n) is 7.71. The van der Waals surface area contributed by atoms with E-state index in [2.05, 4.69) is 10.6 Å². The van der Waals surface area contributed by atoms with Gasteiger partial charge in [-0.1, -0.05) is 24.3 Å². The first-order valence-corrected chi connectivity index (χ1v) is 10.5. The number of anilines is 2. The molecule has 4 rings (SSSR count). The molecule has 2 amide bonds. The Balaban J connectivity index is 1.65. The Bertz CT molecular complexity index is 1490.